The van der Waals surface area contributed by atoms with Gasteiger partial charge in [-0.15, -0.1) is 0 Å². The average molecular weight is 218 g/mol. The molecule has 0 N–H and O–H groups in total. The lowest BCUT2D eigenvalue weighted by atomic mass is 10.4. The first-order valence-corrected chi connectivity index (χ1v) is 6.20. The fraction of sp³-hybridized carbons (Fsp3) is 0.778. The Hall–Kier alpha value is 0.0400. The van der Waals surface area contributed by atoms with Gasteiger partial charge in [0.05, 0.1) is 0 Å². The molecule has 0 bridgehead atoms. The molecule has 0 aliphatic heterocycles. The summed E-state index contributed by atoms with van der Waals surface area (Å²) < 4.78 is 0. The third-order valence-corrected chi connectivity index (χ3v) is 4.60. The first kappa shape index (κ1) is 11.1. The van der Waals surface area contributed by atoms with Crippen molar-refractivity contribution in [1.82, 2.24) is 0 Å². The largest absolute Gasteiger partial charge is 0.288 e. The van der Waals surface area contributed by atoms with E-state index in [1.54, 1.807) is 13.8 Å². The molecule has 0 aromatic rings. The second-order valence-electron chi connectivity index (χ2n) is 3.23. The smallest absolute Gasteiger partial charge is 0.186 e. The lowest BCUT2D eigenvalue weighted by Crippen LogP contribution is -2.15. The van der Waals surface area contributed by atoms with Crippen LogP contribution in [0, 0.1) is 0 Å². The summed E-state index contributed by atoms with van der Waals surface area (Å²) in [5.74, 6) is 0. The summed E-state index contributed by atoms with van der Waals surface area (Å²) in [6.07, 6.45) is 3.31. The second kappa shape index (κ2) is 5.05. The zero-order chi connectivity index (χ0) is 9.84. The zero-order valence-electron chi connectivity index (χ0n) is 7.91. The van der Waals surface area contributed by atoms with Gasteiger partial charge in [0.25, 0.3) is 0 Å². The predicted octanol–water partition coefficient (Wildman–Crippen LogP) is 2.47. The zero-order valence-corrected chi connectivity index (χ0v) is 9.54. The van der Waals surface area contributed by atoms with Gasteiger partial charge in [0, 0.05) is 24.3 Å². The van der Waals surface area contributed by atoms with E-state index in [0.29, 0.717) is 10.5 Å². The van der Waals surface area contributed by atoms with E-state index >= 15 is 0 Å². The molecule has 0 radical (unpaired) electrons. The Balaban J connectivity index is 2.43. The summed E-state index contributed by atoms with van der Waals surface area (Å²) in [5, 5.41) is 1.07. The molecule has 2 nitrogen and oxygen atoms in total. The van der Waals surface area contributed by atoms with Crippen molar-refractivity contribution in [3.63, 3.8) is 0 Å². The quantitative estimate of drug-likeness (QED) is 0.713. The maximum atomic E-state index is 10.9. The number of rotatable bonds is 2. The first-order chi connectivity index (χ1) is 6.09. The monoisotopic (exact) mass is 218 g/mol. The minimum Gasteiger partial charge on any atom is -0.288 e. The van der Waals surface area contributed by atoms with Crippen molar-refractivity contribution in [2.24, 2.45) is 0 Å². The van der Waals surface area contributed by atoms with E-state index in [9.17, 15) is 9.59 Å². The third-order valence-electron chi connectivity index (χ3n) is 2.03. The third kappa shape index (κ3) is 3.73. The maximum Gasteiger partial charge on any atom is 0.186 e. The first-order valence-electron chi connectivity index (χ1n) is 4.44. The molecule has 0 amide bonds. The van der Waals surface area contributed by atoms with Crippen molar-refractivity contribution < 1.29 is 9.59 Å². The molecule has 4 heteroatoms. The molecular formula is C9H14O2S2. The number of carbonyl (C=O) groups is 2. The molecule has 1 fully saturated rings. The van der Waals surface area contributed by atoms with Crippen molar-refractivity contribution in [3.8, 4) is 0 Å². The standard InChI is InChI=1S/C9H14O2S2/c1-6(10)12-8-4-3-5-9(8)13-7(2)11/h8-9H,3-5H2,1-2H3/t8-,9+. The number of thioether (sulfide) groups is 2. The van der Waals surface area contributed by atoms with Crippen LogP contribution in [0.25, 0.3) is 0 Å². The van der Waals surface area contributed by atoms with E-state index in [1.165, 1.54) is 23.5 Å². The predicted molar refractivity (Wildman–Crippen MR) is 58.0 cm³/mol. The Bertz CT molecular complexity index is 194. The summed E-state index contributed by atoms with van der Waals surface area (Å²) in [5.41, 5.74) is 0. The van der Waals surface area contributed by atoms with Gasteiger partial charge in [-0.1, -0.05) is 29.9 Å². The molecule has 1 aliphatic carbocycles. The van der Waals surface area contributed by atoms with Crippen LogP contribution in [0.4, 0.5) is 0 Å². The normalized spacial score (nSPS) is 27.5. The van der Waals surface area contributed by atoms with Gasteiger partial charge < -0.3 is 0 Å². The fourth-order valence-electron chi connectivity index (χ4n) is 1.59. The topological polar surface area (TPSA) is 34.1 Å². The van der Waals surface area contributed by atoms with Crippen molar-refractivity contribution in [1.29, 1.82) is 0 Å². The minimum atomic E-state index is 0.168. The van der Waals surface area contributed by atoms with E-state index in [0.717, 1.165) is 19.3 Å². The highest BCUT2D eigenvalue weighted by atomic mass is 32.2. The molecule has 0 heterocycles. The summed E-state index contributed by atoms with van der Waals surface area (Å²) in [6, 6.07) is 0. The molecule has 1 rings (SSSR count). The van der Waals surface area contributed by atoms with Crippen LogP contribution in [-0.4, -0.2) is 20.7 Å². The Kier molecular flexibility index (Phi) is 4.32. The summed E-state index contributed by atoms with van der Waals surface area (Å²) in [6.45, 7) is 3.19. The molecule has 74 valence electrons. The number of hydrogen-bond acceptors (Lipinski definition) is 4. The molecule has 0 saturated heterocycles. The van der Waals surface area contributed by atoms with Gasteiger partial charge in [-0.2, -0.15) is 0 Å². The second-order valence-corrected chi connectivity index (χ2v) is 6.06. The summed E-state index contributed by atoms with van der Waals surface area (Å²) >= 11 is 2.80. The van der Waals surface area contributed by atoms with Crippen LogP contribution in [0.15, 0.2) is 0 Å². The van der Waals surface area contributed by atoms with Crippen LogP contribution in [0.1, 0.15) is 33.1 Å². The summed E-state index contributed by atoms with van der Waals surface area (Å²) in [7, 11) is 0. The highest BCUT2D eigenvalue weighted by Crippen LogP contribution is 2.38. The molecule has 2 atom stereocenters. The Labute approximate surface area is 87.2 Å². The maximum absolute atomic E-state index is 10.9. The Morgan fingerprint density at radius 2 is 1.38 bits per heavy atom. The van der Waals surface area contributed by atoms with E-state index in [4.69, 9.17) is 0 Å². The minimum absolute atomic E-state index is 0.168. The van der Waals surface area contributed by atoms with Gasteiger partial charge in [-0.25, -0.2) is 0 Å². The van der Waals surface area contributed by atoms with Gasteiger partial charge in [0.2, 0.25) is 0 Å². The van der Waals surface area contributed by atoms with Crippen molar-refractivity contribution in [2.45, 2.75) is 43.6 Å². The van der Waals surface area contributed by atoms with Gasteiger partial charge >= 0.3 is 0 Å². The molecule has 13 heavy (non-hydrogen) atoms. The molecule has 0 aromatic heterocycles. The molecule has 1 saturated carbocycles. The van der Waals surface area contributed by atoms with Crippen LogP contribution in [0.2, 0.25) is 0 Å². The Morgan fingerprint density at radius 1 is 1.00 bits per heavy atom. The van der Waals surface area contributed by atoms with Crippen LogP contribution < -0.4 is 0 Å². The molecule has 1 aliphatic rings. The van der Waals surface area contributed by atoms with E-state index in [2.05, 4.69) is 0 Å². The number of hydrogen-bond donors (Lipinski definition) is 0. The lowest BCUT2D eigenvalue weighted by molar-refractivity contribution is -0.110. The van der Waals surface area contributed by atoms with Crippen molar-refractivity contribution >= 4 is 33.8 Å². The summed E-state index contributed by atoms with van der Waals surface area (Å²) in [4.78, 5) is 21.8. The van der Waals surface area contributed by atoms with Gasteiger partial charge in [0.15, 0.2) is 10.2 Å². The van der Waals surface area contributed by atoms with Crippen LogP contribution in [-0.2, 0) is 9.59 Å². The highest BCUT2D eigenvalue weighted by molar-refractivity contribution is 8.17. The molecule has 0 unspecified atom stereocenters. The van der Waals surface area contributed by atoms with Crippen LogP contribution in [0.3, 0.4) is 0 Å². The van der Waals surface area contributed by atoms with E-state index in [-0.39, 0.29) is 10.2 Å². The van der Waals surface area contributed by atoms with Crippen LogP contribution >= 0.6 is 23.5 Å². The number of carbonyl (C=O) groups excluding carboxylic acids is 2. The van der Waals surface area contributed by atoms with E-state index < -0.39 is 0 Å². The SMILES string of the molecule is CC(=O)S[C@H]1CCC[C@H]1SC(C)=O. The molecular weight excluding hydrogens is 204 g/mol. The molecule has 0 spiro atoms. The average Bonchev–Trinajstić information content (AvgIpc) is 2.34. The van der Waals surface area contributed by atoms with Crippen molar-refractivity contribution in [2.75, 3.05) is 0 Å². The van der Waals surface area contributed by atoms with Crippen LogP contribution in [0.5, 0.6) is 0 Å². The van der Waals surface area contributed by atoms with E-state index in [1.807, 2.05) is 0 Å². The van der Waals surface area contributed by atoms with Gasteiger partial charge in [-0.05, 0) is 12.8 Å². The lowest BCUT2D eigenvalue weighted by Gasteiger charge is -2.15. The van der Waals surface area contributed by atoms with Gasteiger partial charge in [-0.3, -0.25) is 9.59 Å². The highest BCUT2D eigenvalue weighted by Gasteiger charge is 2.30. The van der Waals surface area contributed by atoms with Gasteiger partial charge in [0.1, 0.15) is 0 Å². The van der Waals surface area contributed by atoms with Crippen molar-refractivity contribution in [3.05, 3.63) is 0 Å². The Morgan fingerprint density at radius 3 is 1.69 bits per heavy atom. The molecule has 0 aromatic carbocycles. The fourth-order valence-corrected chi connectivity index (χ4v) is 3.92.